The number of hydrogen-bond donors (Lipinski definition) is 3. The lowest BCUT2D eigenvalue weighted by Crippen LogP contribution is -2.37. The van der Waals surface area contributed by atoms with Gasteiger partial charge in [-0.1, -0.05) is 24.0 Å². The van der Waals surface area contributed by atoms with E-state index in [1.54, 1.807) is 19.4 Å². The number of benzene rings is 1. The van der Waals surface area contributed by atoms with Crippen LogP contribution >= 0.6 is 11.3 Å². The number of rotatable bonds is 7. The number of hydrogen-bond acceptors (Lipinski definition) is 6. The summed E-state index contributed by atoms with van der Waals surface area (Å²) in [6.45, 7) is 1.30. The van der Waals surface area contributed by atoms with Gasteiger partial charge in [0.1, 0.15) is 11.0 Å². The maximum atomic E-state index is 13.5. The Morgan fingerprint density at radius 2 is 2.11 bits per heavy atom. The van der Waals surface area contributed by atoms with Gasteiger partial charge < -0.3 is 19.9 Å². The van der Waals surface area contributed by atoms with E-state index in [1.165, 1.54) is 11.3 Å². The van der Waals surface area contributed by atoms with E-state index < -0.39 is 23.8 Å². The summed E-state index contributed by atoms with van der Waals surface area (Å²) < 4.78 is 58.8. The molecule has 2 heterocycles. The molecular weight excluding hydrogens is 519 g/mol. The van der Waals surface area contributed by atoms with Crippen molar-refractivity contribution < 1.29 is 22.5 Å². The lowest BCUT2D eigenvalue weighted by molar-refractivity contribution is -0.126. The number of anilines is 1. The van der Waals surface area contributed by atoms with Crippen LogP contribution in [0.4, 0.5) is 18.9 Å². The van der Waals surface area contributed by atoms with Crippen molar-refractivity contribution in [1.82, 2.24) is 10.6 Å². The van der Waals surface area contributed by atoms with Gasteiger partial charge in [-0.3, -0.25) is 5.32 Å². The molecule has 0 amide bonds. The number of alkyl halides is 3. The molecule has 1 aromatic carbocycles. The molecule has 1 saturated heterocycles. The fraction of sp³-hybridized carbons (Fsp3) is 0.556. The third-order valence-corrected chi connectivity index (χ3v) is 10.1. The van der Waals surface area contributed by atoms with Gasteiger partial charge in [0.05, 0.1) is 47.6 Å². The molecule has 5 nitrogen and oxygen atoms in total. The molecule has 1 aromatic heterocycles. The van der Waals surface area contributed by atoms with E-state index in [1.807, 2.05) is 18.2 Å². The zero-order chi connectivity index (χ0) is 26.2. The summed E-state index contributed by atoms with van der Waals surface area (Å²) in [6.07, 6.45) is 2.00. The molecule has 0 spiro atoms. The van der Waals surface area contributed by atoms with E-state index in [2.05, 4.69) is 27.8 Å². The van der Waals surface area contributed by atoms with Crippen LogP contribution in [0, 0.1) is 17.8 Å². The number of piperidine rings is 1. The summed E-state index contributed by atoms with van der Waals surface area (Å²) in [6, 6.07) is 6.39. The van der Waals surface area contributed by atoms with Crippen molar-refractivity contribution >= 4 is 38.3 Å². The molecule has 2 bridgehead atoms. The molecule has 3 N–H and O–H groups in total. The van der Waals surface area contributed by atoms with Crippen molar-refractivity contribution in [2.24, 2.45) is 5.92 Å². The SMILES string of the molecule is COC1=CC([S+](C)[O-])CCC1NCC#Cc1sc2c(NC3CC4CC3CN4)cccc2c1CC(F)(F)F. The average molecular weight is 552 g/mol. The van der Waals surface area contributed by atoms with Crippen molar-refractivity contribution in [2.45, 2.75) is 61.7 Å². The van der Waals surface area contributed by atoms with Gasteiger partial charge >= 0.3 is 6.18 Å². The van der Waals surface area contributed by atoms with Gasteiger partial charge in [-0.05, 0) is 53.4 Å². The van der Waals surface area contributed by atoms with Crippen molar-refractivity contribution in [2.75, 3.05) is 31.8 Å². The Morgan fingerprint density at radius 3 is 2.78 bits per heavy atom. The minimum Gasteiger partial charge on any atom is -0.616 e. The highest BCUT2D eigenvalue weighted by molar-refractivity contribution is 7.91. The minimum atomic E-state index is -4.32. The molecule has 200 valence electrons. The van der Waals surface area contributed by atoms with Crippen LogP contribution in [0.5, 0.6) is 0 Å². The summed E-state index contributed by atoms with van der Waals surface area (Å²) >= 11 is 0.384. The summed E-state index contributed by atoms with van der Waals surface area (Å²) in [5, 5.41) is 11.1. The summed E-state index contributed by atoms with van der Waals surface area (Å²) in [7, 11) is 1.59. The van der Waals surface area contributed by atoms with Gasteiger partial charge in [0.15, 0.2) is 0 Å². The predicted octanol–water partition coefficient (Wildman–Crippen LogP) is 4.55. The van der Waals surface area contributed by atoms with Crippen LogP contribution in [0.15, 0.2) is 30.0 Å². The summed E-state index contributed by atoms with van der Waals surface area (Å²) in [5.74, 6) is 7.36. The van der Waals surface area contributed by atoms with Crippen LogP contribution in [-0.2, 0) is 22.3 Å². The van der Waals surface area contributed by atoms with Gasteiger partial charge in [-0.15, -0.1) is 11.3 Å². The first-order valence-electron chi connectivity index (χ1n) is 12.6. The van der Waals surface area contributed by atoms with Gasteiger partial charge in [-0.2, -0.15) is 13.2 Å². The Hall–Kier alpha value is -1.90. The normalized spacial score (nSPS) is 28.1. The second kappa shape index (κ2) is 11.1. The second-order valence-electron chi connectivity index (χ2n) is 10.1. The van der Waals surface area contributed by atoms with Crippen molar-refractivity contribution in [3.05, 3.63) is 40.5 Å². The Labute approximate surface area is 222 Å². The average Bonchev–Trinajstić information content (AvgIpc) is 3.56. The van der Waals surface area contributed by atoms with Crippen molar-refractivity contribution in [3.63, 3.8) is 0 Å². The van der Waals surface area contributed by atoms with Crippen molar-refractivity contribution in [1.29, 1.82) is 0 Å². The second-order valence-corrected chi connectivity index (χ2v) is 12.7. The highest BCUT2D eigenvalue weighted by atomic mass is 32.2. The third-order valence-electron chi connectivity index (χ3n) is 7.63. The van der Waals surface area contributed by atoms with Crippen LogP contribution < -0.4 is 16.0 Å². The molecule has 37 heavy (non-hydrogen) atoms. The number of methoxy groups -OCH3 is 1. The van der Waals surface area contributed by atoms with Crippen LogP contribution in [0.3, 0.4) is 0 Å². The minimum absolute atomic E-state index is 0.0268. The number of halogens is 3. The summed E-state index contributed by atoms with van der Waals surface area (Å²) in [5.41, 5.74) is 1.15. The van der Waals surface area contributed by atoms with Gasteiger partial charge in [0, 0.05) is 31.1 Å². The predicted molar refractivity (Wildman–Crippen MR) is 144 cm³/mol. The highest BCUT2D eigenvalue weighted by Crippen LogP contribution is 2.41. The Morgan fingerprint density at radius 1 is 1.27 bits per heavy atom. The molecule has 2 aromatic rings. The number of nitrogens with one attached hydrogen (secondary N) is 3. The van der Waals surface area contributed by atoms with Crippen LogP contribution in [0.2, 0.25) is 0 Å². The monoisotopic (exact) mass is 551 g/mol. The van der Waals surface area contributed by atoms with E-state index in [0.29, 0.717) is 34.8 Å². The Balaban J connectivity index is 1.36. The van der Waals surface area contributed by atoms with Crippen LogP contribution in [-0.4, -0.2) is 60.6 Å². The first-order chi connectivity index (χ1) is 17.7. The number of ether oxygens (including phenoxy) is 1. The standard InChI is InChI=1S/C27H32F3N3O2S2/c1-35-24-13-18(37(2)34)8-9-21(24)31-10-4-7-25-20(14-27(28,29)30)19-5-3-6-22(26(19)36-25)33-23-12-17-11-16(23)15-32-17/h3,5-6,13,16-18,21,23,31-33H,8-12,14-15H2,1-2H3. The molecular formula is C27H32F3N3O2S2. The Bertz CT molecular complexity index is 1220. The third kappa shape index (κ3) is 6.07. The van der Waals surface area contributed by atoms with Gasteiger partial charge in [-0.25, -0.2) is 0 Å². The maximum absolute atomic E-state index is 13.5. The van der Waals surface area contributed by atoms with Crippen molar-refractivity contribution in [3.8, 4) is 11.8 Å². The lowest BCUT2D eigenvalue weighted by atomic mass is 10.0. The maximum Gasteiger partial charge on any atom is 0.393 e. The van der Waals surface area contributed by atoms with Gasteiger partial charge in [0.2, 0.25) is 0 Å². The van der Waals surface area contributed by atoms with Crippen LogP contribution in [0.1, 0.15) is 36.1 Å². The van der Waals surface area contributed by atoms with E-state index in [9.17, 15) is 17.7 Å². The molecule has 5 rings (SSSR count). The molecule has 1 aliphatic heterocycles. The molecule has 2 aliphatic carbocycles. The van der Waals surface area contributed by atoms with E-state index in [4.69, 9.17) is 4.74 Å². The number of fused-ring (bicyclic) bond motifs is 3. The fourth-order valence-corrected chi connectivity index (χ4v) is 7.77. The summed E-state index contributed by atoms with van der Waals surface area (Å²) in [4.78, 5) is 0.463. The first-order valence-corrected chi connectivity index (χ1v) is 15.1. The zero-order valence-corrected chi connectivity index (χ0v) is 22.5. The van der Waals surface area contributed by atoms with Crippen LogP contribution in [0.25, 0.3) is 10.1 Å². The lowest BCUT2D eigenvalue weighted by Gasteiger charge is -2.28. The zero-order valence-electron chi connectivity index (χ0n) is 20.9. The largest absolute Gasteiger partial charge is 0.616 e. The van der Waals surface area contributed by atoms with Gasteiger partial charge in [0.25, 0.3) is 0 Å². The quantitative estimate of drug-likeness (QED) is 0.348. The van der Waals surface area contributed by atoms with E-state index in [0.717, 1.165) is 48.4 Å². The molecule has 0 radical (unpaired) electrons. The smallest absolute Gasteiger partial charge is 0.393 e. The highest BCUT2D eigenvalue weighted by Gasteiger charge is 2.39. The first kappa shape index (κ1) is 26.7. The topological polar surface area (TPSA) is 68.4 Å². The number of thiophene rings is 1. The fourth-order valence-electron chi connectivity index (χ4n) is 5.80. The molecule has 6 atom stereocenters. The molecule has 3 aliphatic rings. The molecule has 6 unspecified atom stereocenters. The van der Waals surface area contributed by atoms with E-state index >= 15 is 0 Å². The molecule has 10 heteroatoms. The molecule has 2 fully saturated rings. The van der Waals surface area contributed by atoms with E-state index in [-0.39, 0.29) is 16.9 Å². The molecule has 1 saturated carbocycles. The Kier molecular flexibility index (Phi) is 7.99.